The lowest BCUT2D eigenvalue weighted by atomic mass is 10.0. The molecule has 0 saturated carbocycles. The molecule has 1 N–H and O–H groups in total. The fraction of sp³-hybridized carbons (Fsp3) is 0.214. The van der Waals surface area contributed by atoms with Crippen LogP contribution < -0.4 is 5.32 Å². The highest BCUT2D eigenvalue weighted by Crippen LogP contribution is 2.33. The molecule has 0 saturated heterocycles. The Balaban J connectivity index is 2.26. The third-order valence-corrected chi connectivity index (χ3v) is 3.06. The van der Waals surface area contributed by atoms with E-state index < -0.39 is 18.6 Å². The summed E-state index contributed by atoms with van der Waals surface area (Å²) in [6.45, 7) is 0. The van der Waals surface area contributed by atoms with Crippen molar-refractivity contribution in [2.24, 2.45) is 0 Å². The number of nitrogens with zero attached hydrogens (tertiary/aromatic N) is 1. The molecule has 0 amide bonds. The lowest BCUT2D eigenvalue weighted by molar-refractivity contribution is -0.137. The van der Waals surface area contributed by atoms with Crippen molar-refractivity contribution in [2.75, 3.05) is 5.32 Å². The molecule has 0 spiro atoms. The second kappa shape index (κ2) is 6.13. The van der Waals surface area contributed by atoms with Gasteiger partial charge in [-0.25, -0.2) is 0 Å². The first-order valence-corrected chi connectivity index (χ1v) is 6.31. The van der Waals surface area contributed by atoms with Gasteiger partial charge in [0.1, 0.15) is 0 Å². The first kappa shape index (κ1) is 14.7. The zero-order valence-electron chi connectivity index (χ0n) is 10.4. The number of alkyl halides is 3. The van der Waals surface area contributed by atoms with Gasteiger partial charge in [-0.05, 0) is 11.6 Å². The molecule has 0 aliphatic heterocycles. The van der Waals surface area contributed by atoms with Crippen LogP contribution >= 0.6 is 11.6 Å². The van der Waals surface area contributed by atoms with Crippen molar-refractivity contribution in [2.45, 2.75) is 18.6 Å². The Morgan fingerprint density at radius 2 is 1.85 bits per heavy atom. The van der Waals surface area contributed by atoms with Crippen molar-refractivity contribution >= 4 is 17.3 Å². The highest BCUT2D eigenvalue weighted by atomic mass is 35.5. The average Bonchev–Trinajstić information content (AvgIpc) is 2.40. The van der Waals surface area contributed by atoms with E-state index >= 15 is 0 Å². The van der Waals surface area contributed by atoms with E-state index in [1.807, 2.05) is 0 Å². The first-order chi connectivity index (χ1) is 9.46. The number of halogens is 4. The Kier molecular flexibility index (Phi) is 4.49. The minimum atomic E-state index is -4.28. The van der Waals surface area contributed by atoms with Crippen LogP contribution in [0.15, 0.2) is 48.8 Å². The topological polar surface area (TPSA) is 24.9 Å². The van der Waals surface area contributed by atoms with E-state index in [9.17, 15) is 13.2 Å². The molecule has 2 aromatic rings. The van der Waals surface area contributed by atoms with Gasteiger partial charge in [0.2, 0.25) is 0 Å². The van der Waals surface area contributed by atoms with Gasteiger partial charge in [0.15, 0.2) is 0 Å². The van der Waals surface area contributed by atoms with E-state index in [0.717, 1.165) is 0 Å². The van der Waals surface area contributed by atoms with Crippen molar-refractivity contribution in [1.82, 2.24) is 4.98 Å². The standard InChI is InChI=1S/C14H12ClF3N2/c15-11-6-7-19-9-13(11)20-12(8-14(16,17)18)10-4-2-1-3-5-10/h1-7,9,12,20H,8H2. The number of benzene rings is 1. The maximum atomic E-state index is 12.7. The zero-order valence-corrected chi connectivity index (χ0v) is 11.1. The van der Waals surface area contributed by atoms with E-state index in [1.165, 1.54) is 18.5 Å². The van der Waals surface area contributed by atoms with Crippen molar-refractivity contribution in [3.8, 4) is 0 Å². The maximum Gasteiger partial charge on any atom is 0.391 e. The quantitative estimate of drug-likeness (QED) is 0.874. The van der Waals surface area contributed by atoms with Crippen LogP contribution in [-0.2, 0) is 0 Å². The molecular weight excluding hydrogens is 289 g/mol. The summed E-state index contributed by atoms with van der Waals surface area (Å²) in [4.78, 5) is 3.86. The predicted molar refractivity (Wildman–Crippen MR) is 72.7 cm³/mol. The highest BCUT2D eigenvalue weighted by molar-refractivity contribution is 6.33. The molecule has 2 nitrogen and oxygen atoms in total. The molecule has 0 aliphatic carbocycles. The van der Waals surface area contributed by atoms with Crippen LogP contribution in [0.25, 0.3) is 0 Å². The minimum absolute atomic E-state index is 0.336. The monoisotopic (exact) mass is 300 g/mol. The summed E-state index contributed by atoms with van der Waals surface area (Å²) < 4.78 is 38.1. The Bertz CT molecular complexity index is 558. The number of rotatable bonds is 4. The molecule has 1 unspecified atom stereocenters. The van der Waals surface area contributed by atoms with Crippen LogP contribution in [0.4, 0.5) is 18.9 Å². The number of nitrogens with one attached hydrogen (secondary N) is 1. The van der Waals surface area contributed by atoms with E-state index in [-0.39, 0.29) is 0 Å². The molecule has 0 fully saturated rings. The highest BCUT2D eigenvalue weighted by Gasteiger charge is 2.32. The minimum Gasteiger partial charge on any atom is -0.375 e. The largest absolute Gasteiger partial charge is 0.391 e. The van der Waals surface area contributed by atoms with Crippen LogP contribution in [0.5, 0.6) is 0 Å². The van der Waals surface area contributed by atoms with Gasteiger partial charge in [-0.15, -0.1) is 0 Å². The third kappa shape index (κ3) is 4.13. The van der Waals surface area contributed by atoms with E-state index in [0.29, 0.717) is 16.3 Å². The second-order valence-electron chi connectivity index (χ2n) is 4.28. The van der Waals surface area contributed by atoms with Gasteiger partial charge in [-0.2, -0.15) is 13.2 Å². The van der Waals surface area contributed by atoms with Gasteiger partial charge in [0.05, 0.1) is 29.4 Å². The SMILES string of the molecule is FC(F)(F)CC(Nc1cnccc1Cl)c1ccccc1. The molecule has 106 valence electrons. The molecule has 0 aliphatic rings. The van der Waals surface area contributed by atoms with E-state index in [4.69, 9.17) is 11.6 Å². The fourth-order valence-corrected chi connectivity index (χ4v) is 2.00. The summed E-state index contributed by atoms with van der Waals surface area (Å²) in [6.07, 6.45) is -2.37. The fourth-order valence-electron chi connectivity index (χ4n) is 1.84. The number of anilines is 1. The van der Waals surface area contributed by atoms with E-state index in [1.54, 1.807) is 30.3 Å². The summed E-state index contributed by atoms with van der Waals surface area (Å²) in [5.41, 5.74) is 0.928. The van der Waals surface area contributed by atoms with Gasteiger partial charge < -0.3 is 5.32 Å². The number of hydrogen-bond donors (Lipinski definition) is 1. The first-order valence-electron chi connectivity index (χ1n) is 5.93. The van der Waals surface area contributed by atoms with Crippen LogP contribution in [-0.4, -0.2) is 11.2 Å². The van der Waals surface area contributed by atoms with Crippen molar-refractivity contribution < 1.29 is 13.2 Å². The summed E-state index contributed by atoms with van der Waals surface area (Å²) in [5, 5.41) is 3.14. The van der Waals surface area contributed by atoms with E-state index in [2.05, 4.69) is 10.3 Å². The lowest BCUT2D eigenvalue weighted by Crippen LogP contribution is -2.20. The number of pyridine rings is 1. The Morgan fingerprint density at radius 3 is 2.45 bits per heavy atom. The van der Waals surface area contributed by atoms with Crippen LogP contribution in [0.2, 0.25) is 5.02 Å². The van der Waals surface area contributed by atoms with Crippen molar-refractivity contribution in [1.29, 1.82) is 0 Å². The van der Waals surface area contributed by atoms with Crippen molar-refractivity contribution in [3.63, 3.8) is 0 Å². The predicted octanol–water partition coefficient (Wildman–Crippen LogP) is 4.84. The number of hydrogen-bond acceptors (Lipinski definition) is 2. The molecule has 1 atom stereocenters. The maximum absolute atomic E-state index is 12.7. The summed E-state index contributed by atoms with van der Waals surface area (Å²) in [7, 11) is 0. The zero-order chi connectivity index (χ0) is 14.6. The van der Waals surface area contributed by atoms with Gasteiger partial charge >= 0.3 is 6.18 Å². The molecule has 1 aromatic heterocycles. The van der Waals surface area contributed by atoms with Crippen LogP contribution in [0, 0.1) is 0 Å². The summed E-state index contributed by atoms with van der Waals surface area (Å²) in [6, 6.07) is 9.07. The molecular formula is C14H12ClF3N2. The normalized spacial score (nSPS) is 13.0. The van der Waals surface area contributed by atoms with Gasteiger partial charge in [0.25, 0.3) is 0 Å². The van der Waals surface area contributed by atoms with Gasteiger partial charge in [-0.3, -0.25) is 4.98 Å². The Labute approximate surface area is 119 Å². The number of aromatic nitrogens is 1. The molecule has 0 radical (unpaired) electrons. The molecule has 2 rings (SSSR count). The molecule has 6 heteroatoms. The summed E-state index contributed by atoms with van der Waals surface area (Å²) >= 11 is 5.94. The second-order valence-corrected chi connectivity index (χ2v) is 4.69. The molecule has 1 heterocycles. The average molecular weight is 301 g/mol. The third-order valence-electron chi connectivity index (χ3n) is 2.74. The summed E-state index contributed by atoms with van der Waals surface area (Å²) in [5.74, 6) is 0. The Morgan fingerprint density at radius 1 is 1.15 bits per heavy atom. The molecule has 1 aromatic carbocycles. The van der Waals surface area contributed by atoms with Crippen LogP contribution in [0.1, 0.15) is 18.0 Å². The Hall–Kier alpha value is -1.75. The molecule has 20 heavy (non-hydrogen) atoms. The lowest BCUT2D eigenvalue weighted by Gasteiger charge is -2.22. The van der Waals surface area contributed by atoms with Crippen LogP contribution in [0.3, 0.4) is 0 Å². The van der Waals surface area contributed by atoms with Crippen molar-refractivity contribution in [3.05, 3.63) is 59.4 Å². The van der Waals surface area contributed by atoms with Gasteiger partial charge in [-0.1, -0.05) is 41.9 Å². The smallest absolute Gasteiger partial charge is 0.375 e. The molecule has 0 bridgehead atoms. The van der Waals surface area contributed by atoms with Gasteiger partial charge in [0, 0.05) is 6.20 Å².